The topological polar surface area (TPSA) is 91.4 Å². The number of hydrogen-bond donors (Lipinski definition) is 0. The molecule has 0 aliphatic rings. The SMILES string of the molecule is Cc1cc(C)n2nc(CC(=O)OCC(=O)c3cc(C)n(-c4ccc(C(C)C)cc4)c3C)nc2n1. The zero-order valence-corrected chi connectivity index (χ0v) is 20.4. The van der Waals surface area contributed by atoms with E-state index in [4.69, 9.17) is 4.74 Å². The molecule has 0 aliphatic carbocycles. The van der Waals surface area contributed by atoms with Crippen LogP contribution in [0.3, 0.4) is 0 Å². The summed E-state index contributed by atoms with van der Waals surface area (Å²) in [5, 5.41) is 4.31. The quantitative estimate of drug-likeness (QED) is 0.303. The summed E-state index contributed by atoms with van der Waals surface area (Å²) < 4.78 is 8.88. The molecule has 0 atom stereocenters. The highest BCUT2D eigenvalue weighted by atomic mass is 16.5. The summed E-state index contributed by atoms with van der Waals surface area (Å²) in [6.07, 6.45) is -0.129. The van der Waals surface area contributed by atoms with E-state index in [1.54, 1.807) is 4.52 Å². The van der Waals surface area contributed by atoms with Gasteiger partial charge in [0.25, 0.3) is 5.78 Å². The zero-order valence-electron chi connectivity index (χ0n) is 20.4. The van der Waals surface area contributed by atoms with E-state index >= 15 is 0 Å². The molecule has 0 N–H and O–H groups in total. The summed E-state index contributed by atoms with van der Waals surface area (Å²) >= 11 is 0. The molecule has 3 heterocycles. The van der Waals surface area contributed by atoms with E-state index < -0.39 is 5.97 Å². The van der Waals surface area contributed by atoms with Crippen molar-refractivity contribution in [2.75, 3.05) is 6.61 Å². The fourth-order valence-corrected chi connectivity index (χ4v) is 4.14. The predicted octanol–water partition coefficient (Wildman–Crippen LogP) is 4.24. The molecule has 0 aliphatic heterocycles. The van der Waals surface area contributed by atoms with E-state index in [2.05, 4.69) is 53.2 Å². The Hall–Kier alpha value is -3.81. The molecule has 0 saturated heterocycles. The number of carbonyl (C=O) groups is 2. The first kappa shape index (κ1) is 23.4. The molecule has 1 aromatic carbocycles. The van der Waals surface area contributed by atoms with Crippen molar-refractivity contribution in [3.63, 3.8) is 0 Å². The first-order valence-electron chi connectivity index (χ1n) is 11.3. The van der Waals surface area contributed by atoms with Gasteiger partial charge in [0.05, 0.1) is 0 Å². The summed E-state index contributed by atoms with van der Waals surface area (Å²) in [4.78, 5) is 33.8. The minimum absolute atomic E-state index is 0.129. The van der Waals surface area contributed by atoms with Gasteiger partial charge in [-0.2, -0.15) is 4.98 Å². The van der Waals surface area contributed by atoms with Gasteiger partial charge in [-0.25, -0.2) is 9.50 Å². The summed E-state index contributed by atoms with van der Waals surface area (Å²) in [5.74, 6) is 0.388. The minimum Gasteiger partial charge on any atom is -0.457 e. The number of hydrogen-bond acceptors (Lipinski definition) is 6. The Bertz CT molecular complexity index is 1380. The van der Waals surface area contributed by atoms with Crippen molar-refractivity contribution in [3.8, 4) is 5.69 Å². The highest BCUT2D eigenvalue weighted by Crippen LogP contribution is 2.23. The number of rotatable bonds is 7. The number of nitrogens with zero attached hydrogens (tertiary/aromatic N) is 5. The van der Waals surface area contributed by atoms with Gasteiger partial charge in [-0.05, 0) is 63.4 Å². The van der Waals surface area contributed by atoms with Gasteiger partial charge in [-0.15, -0.1) is 5.10 Å². The van der Waals surface area contributed by atoms with Crippen LogP contribution in [0.2, 0.25) is 0 Å². The van der Waals surface area contributed by atoms with Gasteiger partial charge in [0.1, 0.15) is 6.42 Å². The van der Waals surface area contributed by atoms with Crippen LogP contribution in [0.1, 0.15) is 64.3 Å². The van der Waals surface area contributed by atoms with E-state index in [-0.39, 0.29) is 18.8 Å². The Kier molecular flexibility index (Phi) is 6.32. The van der Waals surface area contributed by atoms with Crippen LogP contribution in [-0.4, -0.2) is 42.5 Å². The minimum atomic E-state index is -0.559. The maximum absolute atomic E-state index is 12.8. The standard InChI is InChI=1S/C26H29N5O3/c1-15(2)20-7-9-21(10-8-20)30-17(4)12-22(19(30)6)23(32)14-34-25(33)13-24-28-26-27-16(3)11-18(5)31(26)29-24/h7-12,15H,13-14H2,1-6H3. The van der Waals surface area contributed by atoms with Gasteiger partial charge in [0.2, 0.25) is 5.78 Å². The predicted molar refractivity (Wildman–Crippen MR) is 129 cm³/mol. The third-order valence-corrected chi connectivity index (χ3v) is 5.88. The molecule has 8 heteroatoms. The van der Waals surface area contributed by atoms with Crippen LogP contribution in [0, 0.1) is 27.7 Å². The second kappa shape index (κ2) is 9.21. The number of carbonyl (C=O) groups excluding carboxylic acids is 2. The van der Waals surface area contributed by atoms with Crippen LogP contribution >= 0.6 is 0 Å². The molecular weight excluding hydrogens is 430 g/mol. The van der Waals surface area contributed by atoms with E-state index in [1.165, 1.54) is 5.56 Å². The summed E-state index contributed by atoms with van der Waals surface area (Å²) in [7, 11) is 0. The number of ketones is 1. The molecule has 0 unspecified atom stereocenters. The van der Waals surface area contributed by atoms with Gasteiger partial charge >= 0.3 is 5.97 Å². The molecule has 0 bridgehead atoms. The lowest BCUT2D eigenvalue weighted by atomic mass is 10.0. The smallest absolute Gasteiger partial charge is 0.314 e. The molecular formula is C26H29N5O3. The van der Waals surface area contributed by atoms with Gasteiger partial charge < -0.3 is 9.30 Å². The monoisotopic (exact) mass is 459 g/mol. The Balaban J connectivity index is 1.43. The lowest BCUT2D eigenvalue weighted by Crippen LogP contribution is -2.17. The van der Waals surface area contributed by atoms with Crippen LogP contribution in [-0.2, 0) is 16.0 Å². The van der Waals surface area contributed by atoms with Crippen molar-refractivity contribution in [2.24, 2.45) is 0 Å². The molecule has 176 valence electrons. The van der Waals surface area contributed by atoms with E-state index in [9.17, 15) is 9.59 Å². The van der Waals surface area contributed by atoms with Crippen LogP contribution in [0.15, 0.2) is 36.4 Å². The maximum Gasteiger partial charge on any atom is 0.314 e. The average molecular weight is 460 g/mol. The number of esters is 1. The molecule has 34 heavy (non-hydrogen) atoms. The maximum atomic E-state index is 12.8. The molecule has 4 rings (SSSR count). The van der Waals surface area contributed by atoms with Gasteiger partial charge in [-0.3, -0.25) is 9.59 Å². The normalized spacial score (nSPS) is 11.4. The van der Waals surface area contributed by atoms with E-state index in [0.717, 1.165) is 28.5 Å². The molecule has 4 aromatic rings. The van der Waals surface area contributed by atoms with Crippen LogP contribution in [0.4, 0.5) is 0 Å². The first-order valence-corrected chi connectivity index (χ1v) is 11.3. The van der Waals surface area contributed by atoms with Crippen molar-refractivity contribution in [2.45, 2.75) is 53.9 Å². The molecule has 3 aromatic heterocycles. The second-order valence-electron chi connectivity index (χ2n) is 8.91. The Morgan fingerprint density at radius 2 is 1.68 bits per heavy atom. The molecule has 0 spiro atoms. The number of aryl methyl sites for hydroxylation is 3. The van der Waals surface area contributed by atoms with Crippen molar-refractivity contribution >= 4 is 17.5 Å². The van der Waals surface area contributed by atoms with Crippen molar-refractivity contribution < 1.29 is 14.3 Å². The van der Waals surface area contributed by atoms with Gasteiger partial charge in [0, 0.05) is 34.0 Å². The Morgan fingerprint density at radius 1 is 0.971 bits per heavy atom. The summed E-state index contributed by atoms with van der Waals surface area (Å²) in [6.45, 7) is 11.6. The summed E-state index contributed by atoms with van der Waals surface area (Å²) in [5.41, 5.74) is 6.25. The second-order valence-corrected chi connectivity index (χ2v) is 8.91. The summed E-state index contributed by atoms with van der Waals surface area (Å²) in [6, 6.07) is 12.1. The highest BCUT2D eigenvalue weighted by molar-refractivity contribution is 5.99. The van der Waals surface area contributed by atoms with Crippen LogP contribution < -0.4 is 0 Å². The third-order valence-electron chi connectivity index (χ3n) is 5.88. The van der Waals surface area contributed by atoms with Gasteiger partial charge in [-0.1, -0.05) is 26.0 Å². The lowest BCUT2D eigenvalue weighted by Gasteiger charge is -2.12. The fourth-order valence-electron chi connectivity index (χ4n) is 4.14. The lowest BCUT2D eigenvalue weighted by molar-refractivity contribution is -0.141. The Labute approximate surface area is 198 Å². The third kappa shape index (κ3) is 4.62. The molecule has 0 fully saturated rings. The Morgan fingerprint density at radius 3 is 2.35 bits per heavy atom. The molecule has 8 nitrogen and oxygen atoms in total. The largest absolute Gasteiger partial charge is 0.457 e. The van der Waals surface area contributed by atoms with Crippen molar-refractivity contribution in [1.29, 1.82) is 0 Å². The number of Topliss-reactive ketones (excluding diaryl/α,β-unsaturated/α-hetero) is 1. The molecule has 0 saturated carbocycles. The fraction of sp³-hybridized carbons (Fsp3) is 0.346. The van der Waals surface area contributed by atoms with E-state index in [0.29, 0.717) is 23.1 Å². The number of benzene rings is 1. The van der Waals surface area contributed by atoms with Crippen LogP contribution in [0.25, 0.3) is 11.5 Å². The van der Waals surface area contributed by atoms with Crippen molar-refractivity contribution in [3.05, 3.63) is 76.1 Å². The number of fused-ring (bicyclic) bond motifs is 1. The first-order chi connectivity index (χ1) is 16.1. The van der Waals surface area contributed by atoms with Gasteiger partial charge in [0.15, 0.2) is 12.4 Å². The average Bonchev–Trinajstić information content (AvgIpc) is 3.31. The molecule has 0 amide bonds. The van der Waals surface area contributed by atoms with Crippen LogP contribution in [0.5, 0.6) is 0 Å². The highest BCUT2D eigenvalue weighted by Gasteiger charge is 2.19. The number of aromatic nitrogens is 5. The number of ether oxygens (including phenoxy) is 1. The van der Waals surface area contributed by atoms with E-state index in [1.807, 2.05) is 44.4 Å². The zero-order chi connectivity index (χ0) is 24.6. The molecule has 0 radical (unpaired) electrons. The van der Waals surface area contributed by atoms with Crippen molar-refractivity contribution in [1.82, 2.24) is 24.1 Å².